The molecule has 7 heteroatoms. The topological polar surface area (TPSA) is 77.2 Å². The van der Waals surface area contributed by atoms with Crippen LogP contribution in [0.4, 0.5) is 4.39 Å². The van der Waals surface area contributed by atoms with E-state index in [-0.39, 0.29) is 18.1 Å². The van der Waals surface area contributed by atoms with Gasteiger partial charge >= 0.3 is 0 Å². The molecular formula is C20H20FN3O3. The average molecular weight is 369 g/mol. The average Bonchev–Trinajstić information content (AvgIpc) is 3.17. The van der Waals surface area contributed by atoms with Gasteiger partial charge in [0.1, 0.15) is 11.6 Å². The summed E-state index contributed by atoms with van der Waals surface area (Å²) >= 11 is 0. The standard InChI is InChI=1S/C20H20FN3O3/c1-26-17-9-5-3-7-15(17)20-23-19(27-24-20)11-10-18(25)22-13-12-14-6-2-4-8-16(14)21/h2-9H,10-13H2,1H3,(H,22,25). The maximum absolute atomic E-state index is 13.5. The largest absolute Gasteiger partial charge is 0.496 e. The zero-order valence-corrected chi connectivity index (χ0v) is 14.9. The SMILES string of the molecule is COc1ccccc1-c1noc(CCC(=O)NCCc2ccccc2F)n1. The van der Waals surface area contributed by atoms with Crippen LogP contribution in [0.2, 0.25) is 0 Å². The van der Waals surface area contributed by atoms with Crippen LogP contribution in [-0.2, 0) is 17.6 Å². The lowest BCUT2D eigenvalue weighted by Gasteiger charge is -2.05. The number of ether oxygens (including phenoxy) is 1. The summed E-state index contributed by atoms with van der Waals surface area (Å²) in [5, 5.41) is 6.71. The smallest absolute Gasteiger partial charge is 0.227 e. The number of benzene rings is 2. The molecule has 0 aliphatic carbocycles. The van der Waals surface area contributed by atoms with Gasteiger partial charge in [0.05, 0.1) is 12.7 Å². The van der Waals surface area contributed by atoms with Gasteiger partial charge in [-0.3, -0.25) is 4.79 Å². The molecule has 0 fully saturated rings. The van der Waals surface area contributed by atoms with Crippen LogP contribution in [0.1, 0.15) is 17.9 Å². The molecule has 0 aliphatic rings. The van der Waals surface area contributed by atoms with Crippen molar-refractivity contribution in [3.63, 3.8) is 0 Å². The molecule has 6 nitrogen and oxygen atoms in total. The van der Waals surface area contributed by atoms with Crippen LogP contribution in [0.3, 0.4) is 0 Å². The highest BCUT2D eigenvalue weighted by molar-refractivity contribution is 5.76. The predicted molar refractivity (Wildman–Crippen MR) is 97.7 cm³/mol. The van der Waals surface area contributed by atoms with E-state index in [0.717, 1.165) is 5.56 Å². The van der Waals surface area contributed by atoms with Gasteiger partial charge in [-0.05, 0) is 30.2 Å². The first-order valence-corrected chi connectivity index (χ1v) is 8.63. The summed E-state index contributed by atoms with van der Waals surface area (Å²) in [7, 11) is 1.57. The number of nitrogens with one attached hydrogen (secondary N) is 1. The quantitative estimate of drug-likeness (QED) is 0.660. The highest BCUT2D eigenvalue weighted by atomic mass is 19.1. The van der Waals surface area contributed by atoms with Crippen LogP contribution < -0.4 is 10.1 Å². The summed E-state index contributed by atoms with van der Waals surface area (Å²) in [5.41, 5.74) is 1.31. The second kappa shape index (κ2) is 8.93. The summed E-state index contributed by atoms with van der Waals surface area (Å²) in [4.78, 5) is 16.3. The summed E-state index contributed by atoms with van der Waals surface area (Å²) in [5.74, 6) is 1.03. The number of amides is 1. The van der Waals surface area contributed by atoms with Crippen LogP contribution >= 0.6 is 0 Å². The third-order valence-corrected chi connectivity index (χ3v) is 4.06. The van der Waals surface area contributed by atoms with Crippen LogP contribution in [0.25, 0.3) is 11.4 Å². The Labute approximate surface area is 156 Å². The third kappa shape index (κ3) is 4.91. The molecule has 3 rings (SSSR count). The Morgan fingerprint density at radius 2 is 1.93 bits per heavy atom. The fourth-order valence-electron chi connectivity index (χ4n) is 2.64. The number of aryl methyl sites for hydroxylation is 1. The molecule has 0 saturated carbocycles. The zero-order chi connectivity index (χ0) is 19.1. The number of rotatable bonds is 8. The van der Waals surface area contributed by atoms with Gasteiger partial charge in [0, 0.05) is 19.4 Å². The van der Waals surface area contributed by atoms with Gasteiger partial charge in [0.2, 0.25) is 17.6 Å². The summed E-state index contributed by atoms with van der Waals surface area (Å²) in [6.07, 6.45) is 0.982. The Morgan fingerprint density at radius 3 is 2.74 bits per heavy atom. The highest BCUT2D eigenvalue weighted by Gasteiger charge is 2.13. The number of nitrogens with zero attached hydrogens (tertiary/aromatic N) is 2. The minimum Gasteiger partial charge on any atom is -0.496 e. The lowest BCUT2D eigenvalue weighted by atomic mass is 10.1. The van der Waals surface area contributed by atoms with Crippen molar-refractivity contribution in [3.8, 4) is 17.1 Å². The maximum atomic E-state index is 13.5. The van der Waals surface area contributed by atoms with Crippen LogP contribution in [0.15, 0.2) is 53.1 Å². The number of aromatic nitrogens is 2. The van der Waals surface area contributed by atoms with Crippen molar-refractivity contribution in [3.05, 3.63) is 65.8 Å². The molecule has 1 amide bonds. The molecule has 0 unspecified atom stereocenters. The molecule has 27 heavy (non-hydrogen) atoms. The molecule has 1 aromatic heterocycles. The van der Waals surface area contributed by atoms with E-state index in [1.165, 1.54) is 6.07 Å². The van der Waals surface area contributed by atoms with Crippen molar-refractivity contribution in [2.45, 2.75) is 19.3 Å². The van der Waals surface area contributed by atoms with Crippen molar-refractivity contribution >= 4 is 5.91 Å². The Bertz CT molecular complexity index is 911. The number of halogens is 1. The highest BCUT2D eigenvalue weighted by Crippen LogP contribution is 2.27. The van der Waals surface area contributed by atoms with Gasteiger partial charge in [0.15, 0.2) is 0 Å². The molecule has 0 bridgehead atoms. The Morgan fingerprint density at radius 1 is 1.15 bits per heavy atom. The zero-order valence-electron chi connectivity index (χ0n) is 14.9. The molecule has 1 heterocycles. The molecule has 3 aromatic rings. The number of carbonyl (C=O) groups is 1. The van der Waals surface area contributed by atoms with Crippen LogP contribution in [0, 0.1) is 5.82 Å². The van der Waals surface area contributed by atoms with Crippen LogP contribution in [-0.4, -0.2) is 29.7 Å². The van der Waals surface area contributed by atoms with Gasteiger partial charge in [-0.2, -0.15) is 4.98 Å². The van der Waals surface area contributed by atoms with Gasteiger partial charge in [-0.15, -0.1) is 0 Å². The minimum atomic E-state index is -0.263. The fourth-order valence-corrected chi connectivity index (χ4v) is 2.64. The van der Waals surface area contributed by atoms with Crippen molar-refractivity contribution in [1.82, 2.24) is 15.5 Å². The fraction of sp³-hybridized carbons (Fsp3) is 0.250. The minimum absolute atomic E-state index is 0.150. The molecule has 1 N–H and O–H groups in total. The van der Waals surface area contributed by atoms with E-state index >= 15 is 0 Å². The normalized spacial score (nSPS) is 10.6. The second-order valence-electron chi connectivity index (χ2n) is 5.90. The molecular weight excluding hydrogens is 349 g/mol. The van der Waals surface area contributed by atoms with E-state index in [1.54, 1.807) is 25.3 Å². The number of hydrogen-bond donors (Lipinski definition) is 1. The van der Waals surface area contributed by atoms with E-state index in [0.29, 0.717) is 42.4 Å². The first-order valence-electron chi connectivity index (χ1n) is 8.63. The van der Waals surface area contributed by atoms with Crippen molar-refractivity contribution in [2.75, 3.05) is 13.7 Å². The lowest BCUT2D eigenvalue weighted by molar-refractivity contribution is -0.121. The second-order valence-corrected chi connectivity index (χ2v) is 5.90. The molecule has 0 atom stereocenters. The molecule has 2 aromatic carbocycles. The Kier molecular flexibility index (Phi) is 6.14. The van der Waals surface area contributed by atoms with Crippen molar-refractivity contribution in [1.29, 1.82) is 0 Å². The molecule has 0 spiro atoms. The van der Waals surface area contributed by atoms with E-state index in [9.17, 15) is 9.18 Å². The van der Waals surface area contributed by atoms with E-state index in [2.05, 4.69) is 15.5 Å². The summed E-state index contributed by atoms with van der Waals surface area (Å²) in [6, 6.07) is 13.9. The number of para-hydroxylation sites is 1. The first-order chi connectivity index (χ1) is 13.2. The Hall–Kier alpha value is -3.22. The van der Waals surface area contributed by atoms with Crippen molar-refractivity contribution < 1.29 is 18.4 Å². The number of hydrogen-bond acceptors (Lipinski definition) is 5. The number of methoxy groups -OCH3 is 1. The first kappa shape index (κ1) is 18.6. The van der Waals surface area contributed by atoms with Gasteiger partial charge in [-0.25, -0.2) is 4.39 Å². The van der Waals surface area contributed by atoms with Gasteiger partial charge in [0.25, 0.3) is 0 Å². The molecule has 0 aliphatic heterocycles. The van der Waals surface area contributed by atoms with E-state index in [4.69, 9.17) is 9.26 Å². The maximum Gasteiger partial charge on any atom is 0.227 e. The van der Waals surface area contributed by atoms with E-state index < -0.39 is 0 Å². The van der Waals surface area contributed by atoms with Crippen molar-refractivity contribution in [2.24, 2.45) is 0 Å². The monoisotopic (exact) mass is 369 g/mol. The third-order valence-electron chi connectivity index (χ3n) is 4.06. The van der Waals surface area contributed by atoms with Crippen LogP contribution in [0.5, 0.6) is 5.75 Å². The van der Waals surface area contributed by atoms with E-state index in [1.807, 2.05) is 24.3 Å². The lowest BCUT2D eigenvalue weighted by Crippen LogP contribution is -2.26. The van der Waals surface area contributed by atoms with Gasteiger partial charge in [-0.1, -0.05) is 35.5 Å². The number of carbonyl (C=O) groups excluding carboxylic acids is 1. The summed E-state index contributed by atoms with van der Waals surface area (Å²) < 4.78 is 24.0. The Balaban J connectivity index is 1.48. The predicted octanol–water partition coefficient (Wildman–Crippen LogP) is 3.18. The van der Waals surface area contributed by atoms with Gasteiger partial charge < -0.3 is 14.6 Å². The summed E-state index contributed by atoms with van der Waals surface area (Å²) in [6.45, 7) is 0.371. The molecule has 0 saturated heterocycles. The molecule has 0 radical (unpaired) electrons. The molecule has 140 valence electrons.